The van der Waals surface area contributed by atoms with E-state index in [2.05, 4.69) is 15.6 Å². The maximum Gasteiger partial charge on any atom is 0.338 e. The number of hydrogen-bond donors (Lipinski definition) is 2. The molecule has 0 atom stereocenters. The highest BCUT2D eigenvalue weighted by atomic mass is 16.5. The molecule has 0 bridgehead atoms. The molecule has 3 rings (SSSR count). The van der Waals surface area contributed by atoms with Crippen LogP contribution < -0.4 is 15.4 Å². The first kappa shape index (κ1) is 19.9. The summed E-state index contributed by atoms with van der Waals surface area (Å²) in [4.78, 5) is 28.3. The molecule has 0 radical (unpaired) electrons. The van der Waals surface area contributed by atoms with E-state index in [4.69, 9.17) is 9.47 Å². The van der Waals surface area contributed by atoms with Crippen LogP contribution in [-0.4, -0.2) is 30.6 Å². The van der Waals surface area contributed by atoms with Crippen molar-refractivity contribution in [1.29, 1.82) is 0 Å². The Kier molecular flexibility index (Phi) is 6.42. The van der Waals surface area contributed by atoms with E-state index in [0.717, 1.165) is 11.4 Å². The number of amides is 1. The Hall–Kier alpha value is -3.87. The number of esters is 1. The van der Waals surface area contributed by atoms with Crippen molar-refractivity contribution in [2.75, 3.05) is 24.4 Å². The average Bonchev–Trinajstić information content (AvgIpc) is 2.75. The number of para-hydroxylation sites is 2. The van der Waals surface area contributed by atoms with Gasteiger partial charge in [0.25, 0.3) is 5.91 Å². The minimum absolute atomic E-state index is 0.269. The summed E-state index contributed by atoms with van der Waals surface area (Å²) >= 11 is 0. The van der Waals surface area contributed by atoms with Gasteiger partial charge in [-0.15, -0.1) is 0 Å². The Morgan fingerprint density at radius 1 is 0.966 bits per heavy atom. The zero-order valence-electron chi connectivity index (χ0n) is 16.1. The molecule has 1 aromatic heterocycles. The molecule has 3 aromatic rings. The Balaban J connectivity index is 1.64. The zero-order valence-corrected chi connectivity index (χ0v) is 16.1. The zero-order chi connectivity index (χ0) is 20.6. The Labute approximate surface area is 168 Å². The van der Waals surface area contributed by atoms with Gasteiger partial charge in [0, 0.05) is 5.69 Å². The number of anilines is 3. The summed E-state index contributed by atoms with van der Waals surface area (Å²) in [5.74, 6) is -0.0384. The monoisotopic (exact) mass is 391 g/mol. The second kappa shape index (κ2) is 9.36. The number of aromatic nitrogens is 1. The van der Waals surface area contributed by atoms with Gasteiger partial charge in [-0.3, -0.25) is 4.79 Å². The topological polar surface area (TPSA) is 89.5 Å². The van der Waals surface area contributed by atoms with Crippen molar-refractivity contribution in [1.82, 2.24) is 4.98 Å². The summed E-state index contributed by atoms with van der Waals surface area (Å²) in [5, 5.41) is 5.95. The first-order valence-corrected chi connectivity index (χ1v) is 9.05. The van der Waals surface area contributed by atoms with Crippen molar-refractivity contribution in [3.05, 3.63) is 78.1 Å². The van der Waals surface area contributed by atoms with Gasteiger partial charge in [-0.2, -0.15) is 0 Å². The summed E-state index contributed by atoms with van der Waals surface area (Å²) in [6.07, 6.45) is 1.57. The van der Waals surface area contributed by atoms with Crippen molar-refractivity contribution < 1.29 is 19.1 Å². The lowest BCUT2D eigenvalue weighted by Gasteiger charge is -2.11. The molecule has 7 heteroatoms. The molecule has 29 heavy (non-hydrogen) atoms. The van der Waals surface area contributed by atoms with Gasteiger partial charge < -0.3 is 20.1 Å². The third-order valence-corrected chi connectivity index (χ3v) is 4.04. The molecule has 0 saturated heterocycles. The van der Waals surface area contributed by atoms with Gasteiger partial charge in [-0.1, -0.05) is 12.1 Å². The number of ether oxygens (including phenoxy) is 2. The van der Waals surface area contributed by atoms with Crippen LogP contribution in [0.2, 0.25) is 0 Å². The van der Waals surface area contributed by atoms with E-state index in [9.17, 15) is 9.59 Å². The van der Waals surface area contributed by atoms with Crippen LogP contribution >= 0.6 is 0 Å². The van der Waals surface area contributed by atoms with Crippen molar-refractivity contribution in [2.45, 2.75) is 6.92 Å². The minimum atomic E-state index is -0.398. The molecule has 7 nitrogen and oxygen atoms in total. The highest BCUT2D eigenvalue weighted by Gasteiger charge is 2.10. The van der Waals surface area contributed by atoms with E-state index in [0.29, 0.717) is 23.6 Å². The van der Waals surface area contributed by atoms with Gasteiger partial charge in [0.05, 0.1) is 36.9 Å². The smallest absolute Gasteiger partial charge is 0.338 e. The number of hydrogen-bond acceptors (Lipinski definition) is 6. The molecule has 0 spiro atoms. The van der Waals surface area contributed by atoms with E-state index in [1.54, 1.807) is 56.6 Å². The number of nitrogens with one attached hydrogen (secondary N) is 2. The van der Waals surface area contributed by atoms with Crippen LogP contribution in [0.1, 0.15) is 27.8 Å². The number of pyridine rings is 1. The molecule has 1 amide bonds. The summed E-state index contributed by atoms with van der Waals surface area (Å²) in [6.45, 7) is 2.06. The second-order valence-corrected chi connectivity index (χ2v) is 6.01. The molecule has 0 fully saturated rings. The largest absolute Gasteiger partial charge is 0.495 e. The van der Waals surface area contributed by atoms with Crippen LogP contribution in [0.15, 0.2) is 66.9 Å². The van der Waals surface area contributed by atoms with E-state index < -0.39 is 5.97 Å². The third kappa shape index (κ3) is 5.10. The highest BCUT2D eigenvalue weighted by Crippen LogP contribution is 2.26. The van der Waals surface area contributed by atoms with Crippen LogP contribution in [-0.2, 0) is 4.74 Å². The Bertz CT molecular complexity index is 986. The van der Waals surface area contributed by atoms with E-state index in [-0.39, 0.29) is 11.6 Å². The van der Waals surface area contributed by atoms with E-state index in [1.165, 1.54) is 0 Å². The van der Waals surface area contributed by atoms with Gasteiger partial charge >= 0.3 is 5.97 Å². The molecule has 1 heterocycles. The van der Waals surface area contributed by atoms with Gasteiger partial charge in [0.2, 0.25) is 0 Å². The van der Waals surface area contributed by atoms with Crippen molar-refractivity contribution in [3.63, 3.8) is 0 Å². The molecule has 0 saturated carbocycles. The van der Waals surface area contributed by atoms with Crippen molar-refractivity contribution in [3.8, 4) is 5.75 Å². The maximum atomic E-state index is 12.4. The molecule has 148 valence electrons. The summed E-state index contributed by atoms with van der Waals surface area (Å²) in [7, 11) is 1.60. The predicted octanol–water partition coefficient (Wildman–Crippen LogP) is 4.26. The quantitative estimate of drug-likeness (QED) is 0.585. The molecule has 0 aliphatic carbocycles. The summed E-state index contributed by atoms with van der Waals surface area (Å²) < 4.78 is 10.2. The standard InChI is InChI=1S/C22H21N3O4/c1-3-29-22(27)15-8-10-16(11-9-15)25-21(26)19-13-12-17(14-23-19)24-18-6-4-5-7-20(18)28-2/h4-14,24H,3H2,1-2H3,(H,25,26). The number of rotatable bonds is 7. The van der Waals surface area contributed by atoms with Gasteiger partial charge in [-0.05, 0) is 55.5 Å². The molecular formula is C22H21N3O4. The van der Waals surface area contributed by atoms with Crippen molar-refractivity contribution >= 4 is 28.9 Å². The second-order valence-electron chi connectivity index (χ2n) is 6.01. The van der Waals surface area contributed by atoms with E-state index in [1.807, 2.05) is 24.3 Å². The lowest BCUT2D eigenvalue weighted by Crippen LogP contribution is -2.14. The average molecular weight is 391 g/mol. The van der Waals surface area contributed by atoms with Gasteiger partial charge in [-0.25, -0.2) is 9.78 Å². The fourth-order valence-corrected chi connectivity index (χ4v) is 2.60. The summed E-state index contributed by atoms with van der Waals surface area (Å²) in [5.41, 5.74) is 2.78. The normalized spacial score (nSPS) is 10.1. The number of nitrogens with zero attached hydrogens (tertiary/aromatic N) is 1. The lowest BCUT2D eigenvalue weighted by atomic mass is 10.2. The maximum absolute atomic E-state index is 12.4. The fourth-order valence-electron chi connectivity index (χ4n) is 2.60. The van der Waals surface area contributed by atoms with Crippen LogP contribution in [0.4, 0.5) is 17.1 Å². The fraction of sp³-hybridized carbons (Fsp3) is 0.136. The number of benzene rings is 2. The highest BCUT2D eigenvalue weighted by molar-refractivity contribution is 6.03. The number of carbonyl (C=O) groups is 2. The van der Waals surface area contributed by atoms with Crippen LogP contribution in [0.3, 0.4) is 0 Å². The number of carbonyl (C=O) groups excluding carboxylic acids is 2. The molecule has 0 aliphatic rings. The molecule has 2 N–H and O–H groups in total. The number of methoxy groups -OCH3 is 1. The molecule has 0 aliphatic heterocycles. The SMILES string of the molecule is CCOC(=O)c1ccc(NC(=O)c2ccc(Nc3ccccc3OC)cn2)cc1. The first-order chi connectivity index (χ1) is 14.1. The lowest BCUT2D eigenvalue weighted by molar-refractivity contribution is 0.0526. The van der Waals surface area contributed by atoms with Crippen molar-refractivity contribution in [2.24, 2.45) is 0 Å². The Morgan fingerprint density at radius 2 is 1.69 bits per heavy atom. The summed E-state index contributed by atoms with van der Waals surface area (Å²) in [6, 6.07) is 17.4. The predicted molar refractivity (Wildman–Crippen MR) is 111 cm³/mol. The Morgan fingerprint density at radius 3 is 2.34 bits per heavy atom. The van der Waals surface area contributed by atoms with Crippen LogP contribution in [0.5, 0.6) is 5.75 Å². The first-order valence-electron chi connectivity index (χ1n) is 9.05. The van der Waals surface area contributed by atoms with Crippen LogP contribution in [0.25, 0.3) is 0 Å². The van der Waals surface area contributed by atoms with E-state index >= 15 is 0 Å². The molecular weight excluding hydrogens is 370 g/mol. The minimum Gasteiger partial charge on any atom is -0.495 e. The molecule has 0 unspecified atom stereocenters. The van der Waals surface area contributed by atoms with Gasteiger partial charge in [0.1, 0.15) is 11.4 Å². The van der Waals surface area contributed by atoms with Gasteiger partial charge in [0.15, 0.2) is 0 Å². The molecule has 2 aromatic carbocycles. The van der Waals surface area contributed by atoms with Crippen LogP contribution in [0, 0.1) is 0 Å². The third-order valence-electron chi connectivity index (χ3n) is 4.04.